The summed E-state index contributed by atoms with van der Waals surface area (Å²) in [5.41, 5.74) is 19.0. The van der Waals surface area contributed by atoms with Gasteiger partial charge in [-0.1, -0.05) is 37.0 Å². The number of carbonyl (C=O) groups excluding carboxylic acids is 1. The van der Waals surface area contributed by atoms with Crippen LogP contribution < -0.4 is 26.7 Å². The Bertz CT molecular complexity index is 1150. The monoisotopic (exact) mass is 514 g/mol. The minimum atomic E-state index is -2.89. The number of benzene rings is 2. The van der Waals surface area contributed by atoms with Crippen LogP contribution in [0.25, 0.3) is 0 Å². The van der Waals surface area contributed by atoms with E-state index < -0.39 is 17.4 Å². The summed E-state index contributed by atoms with van der Waals surface area (Å²) in [7, 11) is 1.55. The van der Waals surface area contributed by atoms with E-state index in [0.29, 0.717) is 30.2 Å². The highest BCUT2D eigenvalue weighted by molar-refractivity contribution is 5.82. The predicted octanol–water partition coefficient (Wildman–Crippen LogP) is 2.80. The van der Waals surface area contributed by atoms with E-state index in [-0.39, 0.29) is 36.6 Å². The lowest BCUT2D eigenvalue weighted by Gasteiger charge is -2.34. The fourth-order valence-electron chi connectivity index (χ4n) is 4.59. The summed E-state index contributed by atoms with van der Waals surface area (Å²) in [5.74, 6) is 3.73. The molecular formula is C28H36F2N4O3. The normalized spacial score (nSPS) is 21.1. The first-order valence-electron chi connectivity index (χ1n) is 12.2. The maximum atomic E-state index is 13.4. The maximum absolute atomic E-state index is 13.4. The molecule has 4 atom stereocenters. The van der Waals surface area contributed by atoms with Crippen molar-refractivity contribution in [2.45, 2.75) is 44.7 Å². The molecule has 2 aromatic carbocycles. The molecule has 0 radical (unpaired) electrons. The van der Waals surface area contributed by atoms with Gasteiger partial charge >= 0.3 is 0 Å². The Morgan fingerprint density at radius 3 is 2.46 bits per heavy atom. The highest BCUT2D eigenvalue weighted by Crippen LogP contribution is 2.46. The molecule has 0 bridgehead atoms. The number of hydrogen-bond acceptors (Lipinski definition) is 6. The molecule has 1 aliphatic rings. The largest absolute Gasteiger partial charge is 0.493 e. The van der Waals surface area contributed by atoms with Gasteiger partial charge in [0.15, 0.2) is 11.5 Å². The highest BCUT2D eigenvalue weighted by Gasteiger charge is 2.48. The van der Waals surface area contributed by atoms with Gasteiger partial charge in [0.25, 0.3) is 5.92 Å². The number of nitrogens with two attached hydrogens (primary N) is 3. The van der Waals surface area contributed by atoms with Crippen LogP contribution in [0.4, 0.5) is 8.78 Å². The number of ether oxygens (including phenoxy) is 2. The van der Waals surface area contributed by atoms with Crippen molar-refractivity contribution in [3.63, 3.8) is 0 Å². The van der Waals surface area contributed by atoms with Gasteiger partial charge in [0.2, 0.25) is 5.91 Å². The molecule has 1 saturated heterocycles. The third kappa shape index (κ3) is 6.39. The number of methoxy groups -OCH3 is 1. The average Bonchev–Trinajstić information content (AvgIpc) is 3.24. The second kappa shape index (κ2) is 11.5. The molecule has 37 heavy (non-hydrogen) atoms. The number of amides is 1. The van der Waals surface area contributed by atoms with Crippen LogP contribution in [0.5, 0.6) is 11.5 Å². The average molecular weight is 515 g/mol. The minimum absolute atomic E-state index is 0.0593. The molecule has 2 aromatic rings. The number of hydrogen-bond donors (Lipinski definition) is 3. The molecule has 1 heterocycles. The maximum Gasteiger partial charge on any atom is 0.270 e. The molecule has 1 aliphatic heterocycles. The number of nitrogens with zero attached hydrogens (tertiary/aromatic N) is 1. The Hall–Kier alpha value is -3.19. The summed E-state index contributed by atoms with van der Waals surface area (Å²) < 4.78 is 38.2. The first kappa shape index (κ1) is 28.4. The summed E-state index contributed by atoms with van der Waals surface area (Å²) >= 11 is 0. The van der Waals surface area contributed by atoms with Crippen molar-refractivity contribution in [2.75, 3.05) is 33.4 Å². The molecular weight excluding hydrogens is 478 g/mol. The van der Waals surface area contributed by atoms with Crippen molar-refractivity contribution in [3.8, 4) is 23.3 Å². The third-order valence-corrected chi connectivity index (χ3v) is 7.17. The lowest BCUT2D eigenvalue weighted by atomic mass is 9.71. The Morgan fingerprint density at radius 2 is 1.89 bits per heavy atom. The van der Waals surface area contributed by atoms with Crippen molar-refractivity contribution < 1.29 is 23.0 Å². The smallest absolute Gasteiger partial charge is 0.270 e. The third-order valence-electron chi connectivity index (χ3n) is 7.17. The van der Waals surface area contributed by atoms with Gasteiger partial charge in [0.1, 0.15) is 6.61 Å². The van der Waals surface area contributed by atoms with Crippen LogP contribution in [0.1, 0.15) is 43.4 Å². The number of rotatable bonds is 8. The van der Waals surface area contributed by atoms with Gasteiger partial charge in [-0.05, 0) is 36.8 Å². The van der Waals surface area contributed by atoms with Crippen LogP contribution in [0.15, 0.2) is 42.5 Å². The van der Waals surface area contributed by atoms with Gasteiger partial charge in [-0.2, -0.15) is 0 Å². The first-order chi connectivity index (χ1) is 17.4. The Labute approximate surface area is 217 Å². The summed E-state index contributed by atoms with van der Waals surface area (Å²) in [6, 6.07) is 10.6. The molecule has 0 aliphatic carbocycles. The van der Waals surface area contributed by atoms with Gasteiger partial charge < -0.3 is 31.6 Å². The van der Waals surface area contributed by atoms with Crippen molar-refractivity contribution in [3.05, 3.63) is 59.2 Å². The molecule has 1 fully saturated rings. The SMILES string of the molecule is COc1ccc(C2CN(C(=O)[C@@H](N)CN)CC2(C)[C@@H](C)N)cc1OCC#Cc1ccc(C(C)(F)F)cc1. The van der Waals surface area contributed by atoms with Gasteiger partial charge in [0.05, 0.1) is 13.2 Å². The van der Waals surface area contributed by atoms with E-state index in [9.17, 15) is 13.6 Å². The van der Waals surface area contributed by atoms with Crippen LogP contribution in [0, 0.1) is 17.3 Å². The molecule has 0 spiro atoms. The summed E-state index contributed by atoms with van der Waals surface area (Å²) in [5, 5.41) is 0. The van der Waals surface area contributed by atoms with Crippen LogP contribution in [-0.4, -0.2) is 56.2 Å². The highest BCUT2D eigenvalue weighted by atomic mass is 19.3. The van der Waals surface area contributed by atoms with E-state index in [1.165, 1.54) is 12.1 Å². The van der Waals surface area contributed by atoms with Crippen LogP contribution in [0.2, 0.25) is 0 Å². The number of carbonyl (C=O) groups is 1. The molecule has 0 aromatic heterocycles. The quantitative estimate of drug-likeness (QED) is 0.467. The fourth-order valence-corrected chi connectivity index (χ4v) is 4.59. The lowest BCUT2D eigenvalue weighted by molar-refractivity contribution is -0.131. The van der Waals surface area contributed by atoms with Crippen molar-refractivity contribution in [1.29, 1.82) is 0 Å². The standard InChI is InChI=1S/C28H36F2N4O3/c1-18(32)27(2)17-34(26(35)23(33)15-31)16-22(27)20-9-12-24(36-4)25(14-20)37-13-5-6-19-7-10-21(11-8-19)28(3,29)30/h7-12,14,18,22-23H,13,15-17,31-33H2,1-4H3/t18-,22?,23+,27?/m1/s1. The van der Waals surface area contributed by atoms with Crippen LogP contribution >= 0.6 is 0 Å². The zero-order chi connectivity index (χ0) is 27.4. The molecule has 9 heteroatoms. The summed E-state index contributed by atoms with van der Waals surface area (Å²) in [6.07, 6.45) is 0. The van der Waals surface area contributed by atoms with Crippen molar-refractivity contribution >= 4 is 5.91 Å². The minimum Gasteiger partial charge on any atom is -0.493 e. The summed E-state index contributed by atoms with van der Waals surface area (Å²) in [4.78, 5) is 14.5. The Balaban J connectivity index is 1.79. The van der Waals surface area contributed by atoms with Crippen LogP contribution in [-0.2, 0) is 10.7 Å². The van der Waals surface area contributed by atoms with E-state index in [0.717, 1.165) is 12.5 Å². The van der Waals surface area contributed by atoms with E-state index >= 15 is 0 Å². The lowest BCUT2D eigenvalue weighted by Crippen LogP contribution is -2.48. The number of alkyl halides is 2. The topological polar surface area (TPSA) is 117 Å². The zero-order valence-corrected chi connectivity index (χ0v) is 21.8. The van der Waals surface area contributed by atoms with E-state index in [4.69, 9.17) is 26.7 Å². The second-order valence-corrected chi connectivity index (χ2v) is 9.87. The molecule has 0 saturated carbocycles. The van der Waals surface area contributed by atoms with Crippen molar-refractivity contribution in [1.82, 2.24) is 4.90 Å². The van der Waals surface area contributed by atoms with E-state index in [1.54, 1.807) is 24.1 Å². The number of halogens is 2. The molecule has 200 valence electrons. The molecule has 1 amide bonds. The Morgan fingerprint density at radius 1 is 1.22 bits per heavy atom. The fraction of sp³-hybridized carbons (Fsp3) is 0.464. The van der Waals surface area contributed by atoms with E-state index in [2.05, 4.69) is 18.8 Å². The zero-order valence-electron chi connectivity index (χ0n) is 21.8. The van der Waals surface area contributed by atoms with Gasteiger partial charge in [-0.25, -0.2) is 8.78 Å². The first-order valence-corrected chi connectivity index (χ1v) is 12.2. The molecule has 6 N–H and O–H groups in total. The molecule has 7 nitrogen and oxygen atoms in total. The number of likely N-dealkylation sites (tertiary alicyclic amines) is 1. The van der Waals surface area contributed by atoms with Crippen LogP contribution in [0.3, 0.4) is 0 Å². The van der Waals surface area contributed by atoms with Gasteiger partial charge in [-0.15, -0.1) is 0 Å². The summed E-state index contributed by atoms with van der Waals surface area (Å²) in [6.45, 7) is 5.94. The van der Waals surface area contributed by atoms with Gasteiger partial charge in [0, 0.05) is 55.1 Å². The van der Waals surface area contributed by atoms with E-state index in [1.807, 2.05) is 25.1 Å². The van der Waals surface area contributed by atoms with Gasteiger partial charge in [-0.3, -0.25) is 4.79 Å². The Kier molecular flexibility index (Phi) is 8.80. The predicted molar refractivity (Wildman–Crippen MR) is 139 cm³/mol. The molecule has 3 rings (SSSR count). The molecule has 2 unspecified atom stereocenters. The second-order valence-electron chi connectivity index (χ2n) is 9.87. The van der Waals surface area contributed by atoms with Crippen molar-refractivity contribution in [2.24, 2.45) is 22.6 Å².